The molecule has 5 nitrogen and oxygen atoms in total. The van der Waals surface area contributed by atoms with Crippen LogP contribution in [0.1, 0.15) is 5.56 Å². The fourth-order valence-corrected chi connectivity index (χ4v) is 3.22. The molecule has 0 saturated heterocycles. The zero-order valence-electron chi connectivity index (χ0n) is 12.9. The van der Waals surface area contributed by atoms with Crippen LogP contribution in [-0.4, -0.2) is 18.1 Å². The third kappa shape index (κ3) is 2.91. The molecule has 3 aromatic rings. The van der Waals surface area contributed by atoms with E-state index in [9.17, 15) is 5.26 Å². The maximum atomic E-state index is 9.48. The van der Waals surface area contributed by atoms with Crippen molar-refractivity contribution in [3.05, 3.63) is 52.1 Å². The Labute approximate surface area is 154 Å². The highest BCUT2D eigenvalue weighted by Crippen LogP contribution is 2.38. The number of nitriles is 1. The minimum atomic E-state index is 0.426. The molecule has 4 rings (SSSR count). The second kappa shape index (κ2) is 6.32. The third-order valence-electron chi connectivity index (χ3n) is 3.96. The van der Waals surface area contributed by atoms with E-state index in [-0.39, 0.29) is 0 Å². The molecule has 0 aliphatic carbocycles. The summed E-state index contributed by atoms with van der Waals surface area (Å²) in [5.74, 6) is 0.756. The molecule has 1 aliphatic rings. The van der Waals surface area contributed by atoms with Crippen LogP contribution < -0.4 is 15.4 Å². The Bertz CT molecular complexity index is 1030. The van der Waals surface area contributed by atoms with Crippen LogP contribution in [0.25, 0.3) is 10.9 Å². The largest absolute Gasteiger partial charge is 0.490 e. The minimum absolute atomic E-state index is 0.426. The van der Waals surface area contributed by atoms with Gasteiger partial charge < -0.3 is 15.4 Å². The first-order valence-electron chi connectivity index (χ1n) is 7.61. The predicted octanol–water partition coefficient (Wildman–Crippen LogP) is 4.96. The maximum Gasteiger partial charge on any atom is 0.144 e. The average molecular weight is 371 g/mol. The van der Waals surface area contributed by atoms with Gasteiger partial charge in [0.25, 0.3) is 0 Å². The number of ether oxygens (including phenoxy) is 1. The molecular weight excluding hydrogens is 359 g/mol. The molecule has 2 N–H and O–H groups in total. The van der Waals surface area contributed by atoms with Gasteiger partial charge in [0.2, 0.25) is 0 Å². The van der Waals surface area contributed by atoms with Crippen molar-refractivity contribution >= 4 is 51.2 Å². The number of anilines is 3. The predicted molar refractivity (Wildman–Crippen MR) is 100 cm³/mol. The van der Waals surface area contributed by atoms with Crippen molar-refractivity contribution in [2.75, 3.05) is 23.8 Å². The average Bonchev–Trinajstić information content (AvgIpc) is 2.62. The molecule has 0 unspecified atom stereocenters. The molecule has 0 fully saturated rings. The van der Waals surface area contributed by atoms with Gasteiger partial charge in [0.05, 0.1) is 33.2 Å². The number of aromatic nitrogens is 1. The maximum absolute atomic E-state index is 9.48. The topological polar surface area (TPSA) is 70.0 Å². The van der Waals surface area contributed by atoms with E-state index in [1.54, 1.807) is 18.2 Å². The van der Waals surface area contributed by atoms with Gasteiger partial charge in [-0.05, 0) is 24.3 Å². The number of pyridine rings is 1. The normalized spacial score (nSPS) is 12.7. The Hall–Kier alpha value is -2.68. The van der Waals surface area contributed by atoms with Crippen molar-refractivity contribution in [3.8, 4) is 11.8 Å². The third-order valence-corrected chi connectivity index (χ3v) is 4.50. The Morgan fingerprint density at radius 3 is 2.92 bits per heavy atom. The Morgan fingerprint density at radius 2 is 2.12 bits per heavy atom. The molecule has 1 aliphatic heterocycles. The first-order valence-corrected chi connectivity index (χ1v) is 8.37. The molecule has 0 bridgehead atoms. The van der Waals surface area contributed by atoms with E-state index < -0.39 is 0 Å². The Kier molecular flexibility index (Phi) is 4.00. The van der Waals surface area contributed by atoms with Crippen molar-refractivity contribution < 1.29 is 4.74 Å². The molecule has 2 heterocycles. The molecular formula is C18H12Cl2N4O. The minimum Gasteiger partial charge on any atom is -0.490 e. The van der Waals surface area contributed by atoms with Gasteiger partial charge in [0, 0.05) is 29.2 Å². The lowest BCUT2D eigenvalue weighted by atomic mass is 10.1. The summed E-state index contributed by atoms with van der Waals surface area (Å²) in [5, 5.41) is 17.9. The van der Waals surface area contributed by atoms with E-state index in [0.29, 0.717) is 33.6 Å². The molecule has 2 aromatic carbocycles. The van der Waals surface area contributed by atoms with E-state index >= 15 is 0 Å². The highest BCUT2D eigenvalue weighted by Gasteiger charge is 2.16. The van der Waals surface area contributed by atoms with Gasteiger partial charge in [-0.1, -0.05) is 23.2 Å². The highest BCUT2D eigenvalue weighted by molar-refractivity contribution is 6.36. The molecule has 0 spiro atoms. The van der Waals surface area contributed by atoms with Crippen molar-refractivity contribution in [1.29, 1.82) is 5.26 Å². The summed E-state index contributed by atoms with van der Waals surface area (Å²) in [6.07, 6.45) is 1.54. The summed E-state index contributed by atoms with van der Waals surface area (Å²) < 4.78 is 5.65. The Balaban J connectivity index is 1.89. The molecule has 0 amide bonds. The standard InChI is InChI=1S/C18H12Cl2N4O/c19-11-1-2-14(13(20)5-11)24-18-10(8-21)9-23-15-7-17-16(6-12(15)18)22-3-4-25-17/h1-2,5-7,9,22H,3-4H2,(H,23,24). The monoisotopic (exact) mass is 370 g/mol. The Morgan fingerprint density at radius 1 is 1.24 bits per heavy atom. The van der Waals surface area contributed by atoms with E-state index in [1.807, 2.05) is 12.1 Å². The number of nitrogens with one attached hydrogen (secondary N) is 2. The van der Waals surface area contributed by atoms with E-state index in [0.717, 1.165) is 28.9 Å². The van der Waals surface area contributed by atoms with Gasteiger partial charge in [0.1, 0.15) is 18.4 Å². The lowest BCUT2D eigenvalue weighted by molar-refractivity contribution is 0.324. The first-order chi connectivity index (χ1) is 12.2. The van der Waals surface area contributed by atoms with Crippen LogP contribution in [0.3, 0.4) is 0 Å². The lowest BCUT2D eigenvalue weighted by Crippen LogP contribution is -2.18. The molecule has 7 heteroatoms. The van der Waals surface area contributed by atoms with Gasteiger partial charge in [-0.25, -0.2) is 0 Å². The molecule has 0 atom stereocenters. The van der Waals surface area contributed by atoms with Gasteiger partial charge in [0.15, 0.2) is 0 Å². The summed E-state index contributed by atoms with van der Waals surface area (Å²) in [7, 11) is 0. The smallest absolute Gasteiger partial charge is 0.144 e. The quantitative estimate of drug-likeness (QED) is 0.666. The summed E-state index contributed by atoms with van der Waals surface area (Å²) in [5.41, 5.74) is 3.34. The molecule has 25 heavy (non-hydrogen) atoms. The highest BCUT2D eigenvalue weighted by atomic mass is 35.5. The second-order valence-corrected chi connectivity index (χ2v) is 6.39. The van der Waals surface area contributed by atoms with Gasteiger partial charge in [-0.2, -0.15) is 5.26 Å². The van der Waals surface area contributed by atoms with Crippen LogP contribution in [0.5, 0.6) is 5.75 Å². The first kappa shape index (κ1) is 15.8. The fourth-order valence-electron chi connectivity index (χ4n) is 2.77. The van der Waals surface area contributed by atoms with Crippen LogP contribution in [0.2, 0.25) is 10.0 Å². The van der Waals surface area contributed by atoms with Crippen LogP contribution >= 0.6 is 23.2 Å². The van der Waals surface area contributed by atoms with E-state index in [4.69, 9.17) is 27.9 Å². The van der Waals surface area contributed by atoms with Gasteiger partial charge >= 0.3 is 0 Å². The number of fused-ring (bicyclic) bond motifs is 2. The van der Waals surface area contributed by atoms with Gasteiger partial charge in [-0.3, -0.25) is 4.98 Å². The van der Waals surface area contributed by atoms with Gasteiger partial charge in [-0.15, -0.1) is 0 Å². The van der Waals surface area contributed by atoms with Crippen molar-refractivity contribution in [1.82, 2.24) is 4.98 Å². The lowest BCUT2D eigenvalue weighted by Gasteiger charge is -2.20. The molecule has 0 radical (unpaired) electrons. The SMILES string of the molecule is N#Cc1cnc2cc3c(cc2c1Nc1ccc(Cl)cc1Cl)NCCO3. The fraction of sp³-hybridized carbons (Fsp3) is 0.111. The van der Waals surface area contributed by atoms with Crippen LogP contribution in [-0.2, 0) is 0 Å². The summed E-state index contributed by atoms with van der Waals surface area (Å²) in [4.78, 5) is 4.37. The zero-order chi connectivity index (χ0) is 17.4. The number of nitrogens with zero attached hydrogens (tertiary/aromatic N) is 2. The number of halogens is 2. The molecule has 0 saturated carbocycles. The van der Waals surface area contributed by atoms with Crippen molar-refractivity contribution in [2.45, 2.75) is 0 Å². The number of rotatable bonds is 2. The summed E-state index contributed by atoms with van der Waals surface area (Å²) >= 11 is 12.2. The van der Waals surface area contributed by atoms with Crippen LogP contribution in [0, 0.1) is 11.3 Å². The molecule has 124 valence electrons. The van der Waals surface area contributed by atoms with Crippen molar-refractivity contribution in [2.24, 2.45) is 0 Å². The molecule has 1 aromatic heterocycles. The number of benzene rings is 2. The van der Waals surface area contributed by atoms with Crippen molar-refractivity contribution in [3.63, 3.8) is 0 Å². The van der Waals surface area contributed by atoms with E-state index in [2.05, 4.69) is 21.7 Å². The van der Waals surface area contributed by atoms with Crippen LogP contribution in [0.15, 0.2) is 36.5 Å². The second-order valence-electron chi connectivity index (χ2n) is 5.55. The summed E-state index contributed by atoms with van der Waals surface area (Å²) in [6.45, 7) is 1.34. The number of hydrogen-bond acceptors (Lipinski definition) is 5. The zero-order valence-corrected chi connectivity index (χ0v) is 14.4. The van der Waals surface area contributed by atoms with Crippen LogP contribution in [0.4, 0.5) is 17.1 Å². The number of hydrogen-bond donors (Lipinski definition) is 2. The summed E-state index contributed by atoms with van der Waals surface area (Å²) in [6, 6.07) is 11.1. The van der Waals surface area contributed by atoms with E-state index in [1.165, 1.54) is 6.20 Å².